The fraction of sp³-hybridized carbons (Fsp3) is 0.583. The van der Waals surface area contributed by atoms with Gasteiger partial charge in [-0.15, -0.1) is 0 Å². The Kier molecular flexibility index (Phi) is 19.6. The number of nitro benzene ring substituents is 1. The molecule has 0 radical (unpaired) electrons. The van der Waals surface area contributed by atoms with Gasteiger partial charge in [0.25, 0.3) is 5.69 Å². The van der Waals surface area contributed by atoms with Crippen LogP contribution in [0.4, 0.5) is 16.3 Å². The van der Waals surface area contributed by atoms with Crippen molar-refractivity contribution in [2.24, 2.45) is 10.8 Å². The number of benzene rings is 1. The first-order valence-corrected chi connectivity index (χ1v) is 24.1. The van der Waals surface area contributed by atoms with Gasteiger partial charge in [-0.05, 0) is 12.1 Å². The van der Waals surface area contributed by atoms with Crippen LogP contribution in [0.15, 0.2) is 36.9 Å². The van der Waals surface area contributed by atoms with Crippen molar-refractivity contribution in [3.05, 3.63) is 47.0 Å². The van der Waals surface area contributed by atoms with Gasteiger partial charge in [-0.25, -0.2) is 24.3 Å². The number of phosphoric ester groups is 1. The molecule has 23 nitrogen and oxygen atoms in total. The van der Waals surface area contributed by atoms with Gasteiger partial charge in [-0.1, -0.05) is 49.3 Å². The lowest BCUT2D eigenvalue weighted by molar-refractivity contribution is -0.384. The summed E-state index contributed by atoms with van der Waals surface area (Å²) in [4.78, 5) is 82.1. The van der Waals surface area contributed by atoms with Gasteiger partial charge in [0, 0.05) is 61.3 Å². The molecule has 1 aliphatic rings. The number of hydrogen-bond donors (Lipinski definition) is 3. The van der Waals surface area contributed by atoms with E-state index in [1.54, 1.807) is 13.8 Å². The van der Waals surface area contributed by atoms with Crippen LogP contribution in [-0.4, -0.2) is 123 Å². The summed E-state index contributed by atoms with van der Waals surface area (Å²) in [6, 6.07) is 5.01. The summed E-state index contributed by atoms with van der Waals surface area (Å²) in [6.07, 6.45) is -2.81. The molecule has 0 saturated carbocycles. The molecule has 348 valence electrons. The number of esters is 2. The molecule has 5 unspecified atom stereocenters. The van der Waals surface area contributed by atoms with Crippen molar-refractivity contribution in [1.82, 2.24) is 24.8 Å². The summed E-state index contributed by atoms with van der Waals surface area (Å²) >= 11 is 1.89. The highest BCUT2D eigenvalue weighted by molar-refractivity contribution is 14.1. The number of rotatable bonds is 25. The lowest BCUT2D eigenvalue weighted by atomic mass is 9.93. The lowest BCUT2D eigenvalue weighted by Gasteiger charge is -2.29. The molecule has 3 aromatic rings. The first-order valence-electron chi connectivity index (χ1n) is 19.0. The zero-order valence-corrected chi connectivity index (χ0v) is 39.8. The van der Waals surface area contributed by atoms with E-state index in [9.17, 15) is 38.8 Å². The molecule has 4 rings (SSSR count). The number of nitro groups is 1. The first-order chi connectivity index (χ1) is 29.7. The number of halogens is 1. The van der Waals surface area contributed by atoms with Crippen LogP contribution in [0.5, 0.6) is 5.75 Å². The van der Waals surface area contributed by atoms with Crippen LogP contribution in [-0.2, 0) is 51.7 Å². The zero-order valence-electron chi connectivity index (χ0n) is 35.1. The molecule has 2 aromatic heterocycles. The van der Waals surface area contributed by atoms with Gasteiger partial charge in [0.2, 0.25) is 5.91 Å². The average Bonchev–Trinajstić information content (AvgIpc) is 3.78. The van der Waals surface area contributed by atoms with Crippen molar-refractivity contribution >= 4 is 98.9 Å². The summed E-state index contributed by atoms with van der Waals surface area (Å²) in [7, 11) is -1.87. The van der Waals surface area contributed by atoms with Crippen molar-refractivity contribution in [1.29, 1.82) is 0 Å². The topological polar surface area (TPSA) is 290 Å². The molecule has 3 heterocycles. The minimum atomic E-state index is -4.73. The zero-order chi connectivity index (χ0) is 46.4. The SMILES string of the molecule is CC(=O)OC1C(COP(=O)(O)OCC(C)(C)COCC(C)(C)CNC(=O)CCSSCCOC(=O)Oc2ccc([N+](=O)[O-])cc2)OC(n2cnc3c(NI)ncnc32)C1OC(C)=O. The summed E-state index contributed by atoms with van der Waals surface area (Å²) in [5, 5.41) is 13.6. The molecule has 1 saturated heterocycles. The molecule has 0 bridgehead atoms. The van der Waals surface area contributed by atoms with Crippen LogP contribution in [0.3, 0.4) is 0 Å². The Morgan fingerprint density at radius 2 is 1.63 bits per heavy atom. The third kappa shape index (κ3) is 16.9. The van der Waals surface area contributed by atoms with Crippen LogP contribution in [0, 0.1) is 20.9 Å². The smallest absolute Gasteiger partial charge is 0.456 e. The number of amides is 1. The second-order valence-corrected chi connectivity index (χ2v) is 20.0. The number of nitrogens with zero attached hydrogens (tertiary/aromatic N) is 5. The van der Waals surface area contributed by atoms with Crippen LogP contribution >= 0.6 is 52.3 Å². The number of ether oxygens (including phenoxy) is 6. The molecule has 1 aliphatic heterocycles. The highest BCUT2D eigenvalue weighted by Gasteiger charge is 2.51. The summed E-state index contributed by atoms with van der Waals surface area (Å²) < 4.78 is 61.1. The molecule has 1 aromatic carbocycles. The Morgan fingerprint density at radius 1 is 0.968 bits per heavy atom. The molecule has 3 N–H and O–H groups in total. The Labute approximate surface area is 383 Å². The quantitative estimate of drug-likeness (QED) is 0.00894. The normalized spacial score (nSPS) is 18.6. The van der Waals surface area contributed by atoms with Crippen molar-refractivity contribution < 1.29 is 71.0 Å². The van der Waals surface area contributed by atoms with E-state index in [1.165, 1.54) is 70.0 Å². The van der Waals surface area contributed by atoms with Crippen LogP contribution < -0.4 is 13.6 Å². The van der Waals surface area contributed by atoms with Gasteiger partial charge in [-0.2, -0.15) is 0 Å². The van der Waals surface area contributed by atoms with E-state index < -0.39 is 72.8 Å². The molecular weight excluding hydrogens is 1010 g/mol. The van der Waals surface area contributed by atoms with E-state index in [1.807, 2.05) is 36.7 Å². The monoisotopic (exact) mass is 1060 g/mol. The molecule has 63 heavy (non-hydrogen) atoms. The summed E-state index contributed by atoms with van der Waals surface area (Å²) in [5.41, 5.74) is -0.674. The van der Waals surface area contributed by atoms with E-state index in [0.717, 1.165) is 6.92 Å². The largest absolute Gasteiger partial charge is 0.513 e. The van der Waals surface area contributed by atoms with Crippen molar-refractivity contribution in [3.63, 3.8) is 0 Å². The van der Waals surface area contributed by atoms with Crippen molar-refractivity contribution in [2.75, 3.05) is 54.6 Å². The minimum absolute atomic E-state index is 0.0670. The first kappa shape index (κ1) is 51.7. The molecule has 5 atom stereocenters. The Bertz CT molecular complexity index is 2100. The molecule has 27 heteroatoms. The Balaban J connectivity index is 1.15. The second kappa shape index (κ2) is 23.9. The number of nitrogens with one attached hydrogen (secondary N) is 2. The number of carbonyl (C=O) groups excluding carboxylic acids is 4. The van der Waals surface area contributed by atoms with E-state index >= 15 is 0 Å². The average molecular weight is 1060 g/mol. The fourth-order valence-electron chi connectivity index (χ4n) is 5.58. The number of carbonyl (C=O) groups is 4. The summed E-state index contributed by atoms with van der Waals surface area (Å²) in [5.74, 6) is -0.0962. The predicted octanol–water partition coefficient (Wildman–Crippen LogP) is 5.56. The van der Waals surface area contributed by atoms with E-state index in [-0.39, 0.29) is 50.2 Å². The van der Waals surface area contributed by atoms with E-state index in [4.69, 9.17) is 37.5 Å². The number of fused-ring (bicyclic) bond motifs is 1. The number of imidazole rings is 1. The van der Waals surface area contributed by atoms with Crippen molar-refractivity contribution in [3.8, 4) is 5.75 Å². The third-order valence-corrected chi connectivity index (χ3v) is 12.3. The molecule has 1 amide bonds. The number of phosphoric acid groups is 1. The van der Waals surface area contributed by atoms with Gasteiger partial charge >= 0.3 is 25.9 Å². The van der Waals surface area contributed by atoms with E-state index in [0.29, 0.717) is 35.0 Å². The van der Waals surface area contributed by atoms with Gasteiger partial charge in [0.05, 0.1) is 60.5 Å². The predicted molar refractivity (Wildman–Crippen MR) is 236 cm³/mol. The fourth-order valence-corrected chi connectivity index (χ4v) is 8.72. The van der Waals surface area contributed by atoms with E-state index in [2.05, 4.69) is 23.8 Å². The second-order valence-electron chi connectivity index (χ2n) is 15.3. The Hall–Kier alpha value is -3.89. The number of hydrogen-bond acceptors (Lipinski definition) is 21. The number of aromatic nitrogens is 4. The highest BCUT2D eigenvalue weighted by atomic mass is 127. The van der Waals surface area contributed by atoms with Crippen LogP contribution in [0.25, 0.3) is 11.2 Å². The molecule has 0 aliphatic carbocycles. The maximum Gasteiger partial charge on any atom is 0.513 e. The van der Waals surface area contributed by atoms with Crippen LogP contribution in [0.2, 0.25) is 0 Å². The molecular formula is C36H49IN7O16PS2. The minimum Gasteiger partial charge on any atom is -0.456 e. The molecule has 0 spiro atoms. The maximum atomic E-state index is 13.1. The van der Waals surface area contributed by atoms with Crippen molar-refractivity contribution in [2.45, 2.75) is 72.5 Å². The number of non-ortho nitro benzene ring substituents is 1. The van der Waals surface area contributed by atoms with Crippen LogP contribution in [0.1, 0.15) is 54.2 Å². The van der Waals surface area contributed by atoms with Gasteiger partial charge in [-0.3, -0.25) is 38.1 Å². The summed E-state index contributed by atoms with van der Waals surface area (Å²) in [6.45, 7) is 9.59. The highest BCUT2D eigenvalue weighted by Crippen LogP contribution is 2.46. The molecule has 1 fully saturated rings. The van der Waals surface area contributed by atoms with Gasteiger partial charge < -0.3 is 42.2 Å². The Morgan fingerprint density at radius 3 is 2.30 bits per heavy atom. The number of anilines is 1. The maximum absolute atomic E-state index is 13.1. The van der Waals surface area contributed by atoms with Gasteiger partial charge in [0.15, 0.2) is 35.4 Å². The lowest BCUT2D eigenvalue weighted by Crippen LogP contribution is -2.40. The standard InChI is InChI=1S/C36H49IN7O16PS2/c1-22(45)57-29-26(60-33(30(29)58-23(2)46)43-21-41-28-31(42-37)39-20-40-32(28)43)15-55-61(51,52)56-19-36(5,6)18-53-17-35(3,4)16-38-27(47)11-13-62-63-14-12-54-34(48)59-25-9-7-24(8-10-25)44(49)50/h7-10,20-21,26,29-30,33H,11-19H2,1-6H3,(H,38,47)(H,51,52)(H,39,40,42). The van der Waals surface area contributed by atoms with Gasteiger partial charge in [0.1, 0.15) is 24.8 Å². The third-order valence-electron chi connectivity index (χ3n) is 8.51.